The Balaban J connectivity index is 2.22. The van der Waals surface area contributed by atoms with Crippen LogP contribution < -0.4 is 5.32 Å². The topological polar surface area (TPSA) is 12.0 Å². The van der Waals surface area contributed by atoms with Crippen LogP contribution >= 0.6 is 11.6 Å². The largest absolute Gasteiger partial charge is 0.418 e. The zero-order valence-electron chi connectivity index (χ0n) is 11.7. The van der Waals surface area contributed by atoms with Crippen molar-refractivity contribution >= 4 is 17.3 Å². The average Bonchev–Trinajstić information content (AvgIpc) is 2.40. The van der Waals surface area contributed by atoms with Crippen molar-refractivity contribution in [1.82, 2.24) is 0 Å². The molecule has 0 atom stereocenters. The van der Waals surface area contributed by atoms with Crippen LogP contribution in [0.25, 0.3) is 0 Å². The summed E-state index contributed by atoms with van der Waals surface area (Å²) in [5.74, 6) is 0. The Morgan fingerprint density at radius 3 is 2.33 bits per heavy atom. The number of halogens is 4. The third-order valence-corrected chi connectivity index (χ3v) is 3.58. The van der Waals surface area contributed by atoms with Crippen molar-refractivity contribution in [3.63, 3.8) is 0 Å². The van der Waals surface area contributed by atoms with Crippen molar-refractivity contribution in [1.29, 1.82) is 0 Å². The maximum absolute atomic E-state index is 13.0. The SMILES string of the molecule is Cc1ccc(CNc2ccc(Cl)cc2C(F)(F)F)cc1C. The molecule has 0 radical (unpaired) electrons. The van der Waals surface area contributed by atoms with E-state index in [1.807, 2.05) is 32.0 Å². The van der Waals surface area contributed by atoms with E-state index in [2.05, 4.69) is 5.32 Å². The summed E-state index contributed by atoms with van der Waals surface area (Å²) >= 11 is 5.65. The zero-order valence-corrected chi connectivity index (χ0v) is 12.4. The first-order valence-electron chi connectivity index (χ1n) is 6.44. The molecule has 1 N–H and O–H groups in total. The highest BCUT2D eigenvalue weighted by atomic mass is 35.5. The smallest absolute Gasteiger partial charge is 0.380 e. The second kappa shape index (κ2) is 5.98. The first-order valence-corrected chi connectivity index (χ1v) is 6.82. The molecule has 0 saturated carbocycles. The molecule has 2 aromatic rings. The standard InChI is InChI=1S/C16H15ClF3N/c1-10-3-4-12(7-11(10)2)9-21-15-6-5-13(17)8-14(15)16(18,19)20/h3-8,21H,9H2,1-2H3. The number of aryl methyl sites for hydroxylation is 2. The van der Waals surface area contributed by atoms with Gasteiger partial charge in [0.25, 0.3) is 0 Å². The molecule has 0 aliphatic rings. The Kier molecular flexibility index (Phi) is 4.47. The lowest BCUT2D eigenvalue weighted by molar-refractivity contribution is -0.136. The molecular formula is C16H15ClF3N. The third kappa shape index (κ3) is 3.91. The number of rotatable bonds is 3. The minimum absolute atomic E-state index is 0.0325. The predicted octanol–water partition coefficient (Wildman–Crippen LogP) is 5.59. The molecule has 0 fully saturated rings. The monoisotopic (exact) mass is 313 g/mol. The summed E-state index contributed by atoms with van der Waals surface area (Å²) in [6.45, 7) is 4.29. The van der Waals surface area contributed by atoms with Gasteiger partial charge < -0.3 is 5.32 Å². The van der Waals surface area contributed by atoms with Crippen LogP contribution in [0, 0.1) is 13.8 Å². The molecule has 5 heteroatoms. The van der Waals surface area contributed by atoms with Gasteiger partial charge in [0.2, 0.25) is 0 Å². The van der Waals surface area contributed by atoms with Crippen molar-refractivity contribution in [2.75, 3.05) is 5.32 Å². The van der Waals surface area contributed by atoms with E-state index in [1.165, 1.54) is 12.1 Å². The van der Waals surface area contributed by atoms with Crippen LogP contribution in [0.1, 0.15) is 22.3 Å². The number of nitrogens with one attached hydrogen (secondary N) is 1. The van der Waals surface area contributed by atoms with Gasteiger partial charge in [-0.3, -0.25) is 0 Å². The zero-order chi connectivity index (χ0) is 15.6. The fourth-order valence-electron chi connectivity index (χ4n) is 2.02. The molecule has 2 rings (SSSR count). The second-order valence-electron chi connectivity index (χ2n) is 4.96. The molecule has 0 amide bonds. The van der Waals surface area contributed by atoms with Crippen LogP contribution in [0.2, 0.25) is 5.02 Å². The van der Waals surface area contributed by atoms with Gasteiger partial charge in [0.05, 0.1) is 5.56 Å². The third-order valence-electron chi connectivity index (χ3n) is 3.34. The molecule has 0 aliphatic carbocycles. The normalized spacial score (nSPS) is 11.5. The number of hydrogen-bond acceptors (Lipinski definition) is 1. The van der Waals surface area contributed by atoms with Gasteiger partial charge in [0.15, 0.2) is 0 Å². The van der Waals surface area contributed by atoms with E-state index in [0.717, 1.165) is 22.8 Å². The van der Waals surface area contributed by atoms with Gasteiger partial charge in [-0.15, -0.1) is 0 Å². The molecule has 0 aliphatic heterocycles. The van der Waals surface area contributed by atoms with Gasteiger partial charge in [0, 0.05) is 17.3 Å². The molecule has 21 heavy (non-hydrogen) atoms. The summed E-state index contributed by atoms with van der Waals surface area (Å²) in [6, 6.07) is 9.55. The number of anilines is 1. The molecule has 0 saturated heterocycles. The van der Waals surface area contributed by atoms with E-state index in [-0.39, 0.29) is 10.7 Å². The van der Waals surface area contributed by atoms with E-state index < -0.39 is 11.7 Å². The molecule has 0 aromatic heterocycles. The van der Waals surface area contributed by atoms with E-state index in [4.69, 9.17) is 11.6 Å². The van der Waals surface area contributed by atoms with Crippen LogP contribution in [0.4, 0.5) is 18.9 Å². The van der Waals surface area contributed by atoms with Crippen molar-refractivity contribution in [3.8, 4) is 0 Å². The van der Waals surface area contributed by atoms with Crippen LogP contribution in [0.5, 0.6) is 0 Å². The summed E-state index contributed by atoms with van der Waals surface area (Å²) in [5.41, 5.74) is 2.48. The minimum Gasteiger partial charge on any atom is -0.380 e. The molecule has 0 unspecified atom stereocenters. The van der Waals surface area contributed by atoms with Gasteiger partial charge in [-0.1, -0.05) is 29.8 Å². The summed E-state index contributed by atoms with van der Waals surface area (Å²) in [7, 11) is 0. The van der Waals surface area contributed by atoms with E-state index >= 15 is 0 Å². The van der Waals surface area contributed by atoms with Crippen LogP contribution in [0.15, 0.2) is 36.4 Å². The highest BCUT2D eigenvalue weighted by Crippen LogP contribution is 2.36. The first kappa shape index (κ1) is 15.7. The molecular weight excluding hydrogens is 299 g/mol. The fraction of sp³-hybridized carbons (Fsp3) is 0.250. The van der Waals surface area contributed by atoms with Gasteiger partial charge in [-0.05, 0) is 48.7 Å². The van der Waals surface area contributed by atoms with E-state index in [9.17, 15) is 13.2 Å². The fourth-order valence-corrected chi connectivity index (χ4v) is 2.19. The Labute approximate surface area is 126 Å². The number of alkyl halides is 3. The minimum atomic E-state index is -4.43. The molecule has 0 spiro atoms. The molecule has 112 valence electrons. The number of hydrogen-bond donors (Lipinski definition) is 1. The summed E-state index contributed by atoms with van der Waals surface area (Å²) in [6.07, 6.45) is -4.43. The maximum atomic E-state index is 13.0. The van der Waals surface area contributed by atoms with Crippen molar-refractivity contribution in [2.24, 2.45) is 0 Å². The summed E-state index contributed by atoms with van der Waals surface area (Å²) in [4.78, 5) is 0. The highest BCUT2D eigenvalue weighted by Gasteiger charge is 2.33. The molecule has 2 aromatic carbocycles. The Morgan fingerprint density at radius 1 is 1.00 bits per heavy atom. The number of benzene rings is 2. The predicted molar refractivity (Wildman–Crippen MR) is 79.7 cm³/mol. The van der Waals surface area contributed by atoms with Gasteiger partial charge >= 0.3 is 6.18 Å². The molecule has 1 nitrogen and oxygen atoms in total. The summed E-state index contributed by atoms with van der Waals surface area (Å²) in [5, 5.41) is 2.90. The average molecular weight is 314 g/mol. The summed E-state index contributed by atoms with van der Waals surface area (Å²) < 4.78 is 38.9. The lowest BCUT2D eigenvalue weighted by Gasteiger charge is -2.15. The van der Waals surface area contributed by atoms with E-state index in [0.29, 0.717) is 6.54 Å². The van der Waals surface area contributed by atoms with Crippen molar-refractivity contribution in [3.05, 3.63) is 63.7 Å². The Bertz CT molecular complexity index is 650. The van der Waals surface area contributed by atoms with Crippen molar-refractivity contribution < 1.29 is 13.2 Å². The van der Waals surface area contributed by atoms with E-state index in [1.54, 1.807) is 0 Å². The Morgan fingerprint density at radius 2 is 1.71 bits per heavy atom. The molecule has 0 heterocycles. The lowest BCUT2D eigenvalue weighted by Crippen LogP contribution is -2.11. The second-order valence-corrected chi connectivity index (χ2v) is 5.40. The maximum Gasteiger partial charge on any atom is 0.418 e. The van der Waals surface area contributed by atoms with Crippen LogP contribution in [-0.2, 0) is 12.7 Å². The van der Waals surface area contributed by atoms with Crippen molar-refractivity contribution in [2.45, 2.75) is 26.6 Å². The van der Waals surface area contributed by atoms with Crippen LogP contribution in [-0.4, -0.2) is 0 Å². The first-order chi connectivity index (χ1) is 9.77. The highest BCUT2D eigenvalue weighted by molar-refractivity contribution is 6.30. The lowest BCUT2D eigenvalue weighted by atomic mass is 10.1. The van der Waals surface area contributed by atoms with Gasteiger partial charge in [-0.2, -0.15) is 13.2 Å². The van der Waals surface area contributed by atoms with Gasteiger partial charge in [-0.25, -0.2) is 0 Å². The van der Waals surface area contributed by atoms with Gasteiger partial charge in [0.1, 0.15) is 0 Å². The quantitative estimate of drug-likeness (QED) is 0.779. The van der Waals surface area contributed by atoms with Crippen LogP contribution in [0.3, 0.4) is 0 Å². The molecule has 0 bridgehead atoms. The Hall–Kier alpha value is -1.68.